The molecule has 0 bridgehead atoms. The van der Waals surface area contributed by atoms with Gasteiger partial charge in [-0.2, -0.15) is 0 Å². The van der Waals surface area contributed by atoms with Crippen molar-refractivity contribution in [3.05, 3.63) is 0 Å². The summed E-state index contributed by atoms with van der Waals surface area (Å²) in [6.07, 6.45) is 0.278. The fourth-order valence-corrected chi connectivity index (χ4v) is 1.35. The topological polar surface area (TPSA) is 86.2 Å². The quantitative estimate of drug-likeness (QED) is 0.673. The zero-order chi connectivity index (χ0) is 12.2. The zero-order valence-electron chi connectivity index (χ0n) is 9.99. The second-order valence-corrected chi connectivity index (χ2v) is 4.55. The van der Waals surface area contributed by atoms with Gasteiger partial charge in [-0.1, -0.05) is 20.8 Å². The molecular formula is C11H22N2O2. The second-order valence-electron chi connectivity index (χ2n) is 4.55. The molecular weight excluding hydrogens is 192 g/mol. The molecule has 0 aromatic heterocycles. The molecule has 0 aromatic rings. The predicted molar refractivity (Wildman–Crippen MR) is 60.3 cm³/mol. The summed E-state index contributed by atoms with van der Waals surface area (Å²) in [5, 5.41) is 0. The number of rotatable bonds is 6. The van der Waals surface area contributed by atoms with Crippen LogP contribution >= 0.6 is 0 Å². The predicted octanol–water partition coefficient (Wildman–Crippen LogP) is 0.481. The molecule has 0 radical (unpaired) electrons. The Kier molecular flexibility index (Phi) is 5.68. The molecule has 0 aliphatic carbocycles. The first-order valence-electron chi connectivity index (χ1n) is 5.31. The summed E-state index contributed by atoms with van der Waals surface area (Å²) in [5.41, 5.74) is 11.4. The van der Waals surface area contributed by atoms with Crippen molar-refractivity contribution < 1.29 is 9.59 Å². The molecule has 15 heavy (non-hydrogen) atoms. The van der Waals surface area contributed by atoms with Crippen molar-refractivity contribution >= 4 is 11.6 Å². The molecule has 0 rings (SSSR count). The van der Waals surface area contributed by atoms with Crippen molar-refractivity contribution in [3.63, 3.8) is 0 Å². The van der Waals surface area contributed by atoms with Gasteiger partial charge in [-0.15, -0.1) is 0 Å². The van der Waals surface area contributed by atoms with Gasteiger partial charge in [0.15, 0.2) is 0 Å². The Morgan fingerprint density at radius 3 is 1.87 bits per heavy atom. The third-order valence-corrected chi connectivity index (χ3v) is 2.70. The Bertz CT molecular complexity index is 239. The van der Waals surface area contributed by atoms with Crippen LogP contribution in [0.2, 0.25) is 0 Å². The van der Waals surface area contributed by atoms with Crippen molar-refractivity contribution in [2.24, 2.45) is 23.3 Å². The van der Waals surface area contributed by atoms with E-state index in [0.29, 0.717) is 0 Å². The highest BCUT2D eigenvalue weighted by atomic mass is 16.1. The van der Waals surface area contributed by atoms with E-state index in [-0.39, 0.29) is 29.8 Å². The van der Waals surface area contributed by atoms with Crippen LogP contribution in [0.1, 0.15) is 34.1 Å². The molecule has 0 saturated carbocycles. The molecule has 0 amide bonds. The molecule has 0 fully saturated rings. The lowest BCUT2D eigenvalue weighted by atomic mass is 9.89. The number of nitrogens with two attached hydrogens (primary N) is 2. The molecule has 1 unspecified atom stereocenters. The smallest absolute Gasteiger partial charge is 0.150 e. The SMILES string of the molecule is CC(=O)[C@@H](N)C(C)CC(=O)[C@@H](N)C(C)C. The number of ketones is 2. The van der Waals surface area contributed by atoms with Crippen LogP contribution in [-0.4, -0.2) is 23.7 Å². The molecule has 0 saturated heterocycles. The van der Waals surface area contributed by atoms with Gasteiger partial charge in [0, 0.05) is 6.42 Å². The monoisotopic (exact) mass is 214 g/mol. The summed E-state index contributed by atoms with van der Waals surface area (Å²) < 4.78 is 0. The fraction of sp³-hybridized carbons (Fsp3) is 0.818. The van der Waals surface area contributed by atoms with Gasteiger partial charge >= 0.3 is 0 Å². The molecule has 88 valence electrons. The second kappa shape index (κ2) is 5.98. The van der Waals surface area contributed by atoms with Gasteiger partial charge in [0.2, 0.25) is 0 Å². The maximum Gasteiger partial charge on any atom is 0.150 e. The average Bonchev–Trinajstić information content (AvgIpc) is 2.14. The van der Waals surface area contributed by atoms with E-state index in [0.717, 1.165) is 0 Å². The first-order chi connectivity index (χ1) is 6.77. The lowest BCUT2D eigenvalue weighted by Gasteiger charge is -2.20. The lowest BCUT2D eigenvalue weighted by molar-refractivity contribution is -0.123. The van der Waals surface area contributed by atoms with Crippen molar-refractivity contribution in [2.45, 2.75) is 46.2 Å². The highest BCUT2D eigenvalue weighted by Crippen LogP contribution is 2.11. The molecule has 0 aliphatic rings. The van der Waals surface area contributed by atoms with E-state index >= 15 is 0 Å². The van der Waals surface area contributed by atoms with Gasteiger partial charge in [0.1, 0.15) is 11.6 Å². The molecule has 4 nitrogen and oxygen atoms in total. The van der Waals surface area contributed by atoms with Crippen molar-refractivity contribution in [2.75, 3.05) is 0 Å². The van der Waals surface area contributed by atoms with E-state index in [4.69, 9.17) is 11.5 Å². The van der Waals surface area contributed by atoms with Crippen molar-refractivity contribution in [3.8, 4) is 0 Å². The van der Waals surface area contributed by atoms with E-state index < -0.39 is 12.1 Å². The number of Topliss-reactive ketones (excluding diaryl/α,β-unsaturated/α-hetero) is 2. The number of hydrogen-bond acceptors (Lipinski definition) is 4. The molecule has 0 spiro atoms. The minimum Gasteiger partial charge on any atom is -0.321 e. The van der Waals surface area contributed by atoms with Crippen LogP contribution in [0, 0.1) is 11.8 Å². The molecule has 3 atom stereocenters. The highest BCUT2D eigenvalue weighted by Gasteiger charge is 2.24. The van der Waals surface area contributed by atoms with Crippen LogP contribution in [0.3, 0.4) is 0 Å². The van der Waals surface area contributed by atoms with Crippen LogP contribution in [0.15, 0.2) is 0 Å². The van der Waals surface area contributed by atoms with Crippen LogP contribution in [-0.2, 0) is 9.59 Å². The average molecular weight is 214 g/mol. The fourth-order valence-electron chi connectivity index (χ4n) is 1.35. The van der Waals surface area contributed by atoms with Crippen LogP contribution in [0.25, 0.3) is 0 Å². The van der Waals surface area contributed by atoms with E-state index in [2.05, 4.69) is 0 Å². The van der Waals surface area contributed by atoms with Crippen molar-refractivity contribution in [1.82, 2.24) is 0 Å². The molecule has 0 aliphatic heterocycles. The van der Waals surface area contributed by atoms with E-state index in [9.17, 15) is 9.59 Å². The highest BCUT2D eigenvalue weighted by molar-refractivity contribution is 5.86. The van der Waals surface area contributed by atoms with E-state index in [1.165, 1.54) is 6.92 Å². The minimum atomic E-state index is -0.562. The standard InChI is InChI=1S/C11H22N2O2/c1-6(2)10(12)9(15)5-7(3)11(13)8(4)14/h6-7,10-11H,5,12-13H2,1-4H3/t7?,10-,11-/m0/s1. The summed E-state index contributed by atoms with van der Waals surface area (Å²) in [5.74, 6) is -0.124. The van der Waals surface area contributed by atoms with Gasteiger partial charge in [-0.05, 0) is 18.8 Å². The van der Waals surface area contributed by atoms with E-state index in [1.807, 2.05) is 13.8 Å². The molecule has 0 aromatic carbocycles. The number of carbonyl (C=O) groups is 2. The van der Waals surface area contributed by atoms with Gasteiger partial charge in [-0.3, -0.25) is 9.59 Å². The molecule has 4 N–H and O–H groups in total. The Labute approximate surface area is 91.4 Å². The summed E-state index contributed by atoms with van der Waals surface area (Å²) >= 11 is 0. The Morgan fingerprint density at radius 2 is 1.53 bits per heavy atom. The maximum absolute atomic E-state index is 11.6. The number of hydrogen-bond donors (Lipinski definition) is 2. The van der Waals surface area contributed by atoms with Gasteiger partial charge in [0.25, 0.3) is 0 Å². The lowest BCUT2D eigenvalue weighted by Crippen LogP contribution is -2.41. The Morgan fingerprint density at radius 1 is 1.07 bits per heavy atom. The van der Waals surface area contributed by atoms with Gasteiger partial charge in [-0.25, -0.2) is 0 Å². The number of carbonyl (C=O) groups excluding carboxylic acids is 2. The van der Waals surface area contributed by atoms with Gasteiger partial charge in [0.05, 0.1) is 12.1 Å². The Hall–Kier alpha value is -0.740. The molecule has 4 heteroatoms. The Balaban J connectivity index is 4.24. The first kappa shape index (κ1) is 14.3. The largest absolute Gasteiger partial charge is 0.321 e. The normalized spacial score (nSPS) is 17.3. The summed E-state index contributed by atoms with van der Waals surface area (Å²) in [6, 6.07) is -1.01. The summed E-state index contributed by atoms with van der Waals surface area (Å²) in [4.78, 5) is 22.6. The van der Waals surface area contributed by atoms with Crippen LogP contribution in [0.5, 0.6) is 0 Å². The van der Waals surface area contributed by atoms with Crippen molar-refractivity contribution in [1.29, 1.82) is 0 Å². The molecule has 0 heterocycles. The minimum absolute atomic E-state index is 0.0193. The first-order valence-corrected chi connectivity index (χ1v) is 5.31. The summed E-state index contributed by atoms with van der Waals surface area (Å²) in [6.45, 7) is 7.04. The summed E-state index contributed by atoms with van der Waals surface area (Å²) in [7, 11) is 0. The third-order valence-electron chi connectivity index (χ3n) is 2.70. The van der Waals surface area contributed by atoms with Crippen LogP contribution in [0.4, 0.5) is 0 Å². The third kappa shape index (κ3) is 4.53. The van der Waals surface area contributed by atoms with Gasteiger partial charge < -0.3 is 11.5 Å². The van der Waals surface area contributed by atoms with E-state index in [1.54, 1.807) is 6.92 Å². The zero-order valence-corrected chi connectivity index (χ0v) is 9.99. The van der Waals surface area contributed by atoms with Crippen LogP contribution < -0.4 is 11.5 Å². The maximum atomic E-state index is 11.6.